The molecule has 120 valence electrons. The minimum atomic E-state index is 0.105. The van der Waals surface area contributed by atoms with Crippen molar-refractivity contribution in [3.05, 3.63) is 41.2 Å². The van der Waals surface area contributed by atoms with E-state index in [1.807, 2.05) is 6.92 Å². The molecule has 0 fully saturated rings. The number of benzene rings is 1. The van der Waals surface area contributed by atoms with Crippen LogP contribution in [-0.4, -0.2) is 35.6 Å². The number of nitrogens with zero attached hydrogens (tertiary/aromatic N) is 4. The van der Waals surface area contributed by atoms with Gasteiger partial charge in [0.2, 0.25) is 0 Å². The molecule has 2 N–H and O–H groups in total. The fraction of sp³-hybridized carbons (Fsp3) is 0.200. The molecule has 2 rings (SSSR count). The lowest BCUT2D eigenvalue weighted by Gasteiger charge is -2.04. The summed E-state index contributed by atoms with van der Waals surface area (Å²) in [6, 6.07) is 5.40. The van der Waals surface area contributed by atoms with E-state index in [0.717, 1.165) is 5.56 Å². The lowest BCUT2D eigenvalue weighted by Crippen LogP contribution is -2.16. The van der Waals surface area contributed by atoms with Gasteiger partial charge in [-0.15, -0.1) is 0 Å². The van der Waals surface area contributed by atoms with Crippen LogP contribution in [0.1, 0.15) is 5.56 Å². The van der Waals surface area contributed by atoms with Crippen molar-refractivity contribution in [2.24, 2.45) is 15.9 Å². The Kier molecular flexibility index (Phi) is 5.87. The first-order valence-electron chi connectivity index (χ1n) is 6.68. The zero-order valence-corrected chi connectivity index (χ0v) is 13.5. The summed E-state index contributed by atoms with van der Waals surface area (Å²) in [5.41, 5.74) is 2.03. The maximum atomic E-state index is 5.96. The average Bonchev–Trinajstić information content (AvgIpc) is 2.57. The Hall–Kier alpha value is -2.67. The van der Waals surface area contributed by atoms with Gasteiger partial charge in [0.1, 0.15) is 18.1 Å². The number of ether oxygens (including phenoxy) is 2. The Morgan fingerprint density at radius 3 is 2.74 bits per heavy atom. The van der Waals surface area contributed by atoms with Gasteiger partial charge in [-0.1, -0.05) is 11.6 Å². The highest BCUT2D eigenvalue weighted by atomic mass is 35.5. The maximum Gasteiger partial charge on any atom is 0.316 e. The second-order valence-electron chi connectivity index (χ2n) is 4.53. The number of nitrogens with two attached hydrogens (primary N) is 1. The first-order chi connectivity index (χ1) is 11.1. The van der Waals surface area contributed by atoms with Crippen molar-refractivity contribution in [2.45, 2.75) is 6.92 Å². The molecule has 1 aromatic heterocycles. The van der Waals surface area contributed by atoms with Gasteiger partial charge in [0.05, 0.1) is 24.0 Å². The summed E-state index contributed by atoms with van der Waals surface area (Å²) in [6.45, 7) is 2.00. The van der Waals surface area contributed by atoms with Crippen LogP contribution >= 0.6 is 11.6 Å². The van der Waals surface area contributed by atoms with Crippen molar-refractivity contribution in [2.75, 3.05) is 13.7 Å². The molecule has 8 heteroatoms. The molecule has 0 spiro atoms. The zero-order chi connectivity index (χ0) is 16.7. The summed E-state index contributed by atoms with van der Waals surface area (Å²) in [5, 5.41) is 4.14. The predicted octanol–water partition coefficient (Wildman–Crippen LogP) is 2.54. The molecule has 0 bridgehead atoms. The van der Waals surface area contributed by atoms with E-state index in [1.165, 1.54) is 13.3 Å². The summed E-state index contributed by atoms with van der Waals surface area (Å²) in [6.07, 6.45) is 4.82. The molecule has 0 unspecified atom stereocenters. The van der Waals surface area contributed by atoms with Gasteiger partial charge in [-0.2, -0.15) is 5.10 Å². The Morgan fingerprint density at radius 2 is 2.09 bits per heavy atom. The lowest BCUT2D eigenvalue weighted by atomic mass is 10.3. The minimum absolute atomic E-state index is 0.105. The predicted molar refractivity (Wildman–Crippen MR) is 90.0 cm³/mol. The Morgan fingerprint density at radius 1 is 1.35 bits per heavy atom. The highest BCUT2D eigenvalue weighted by molar-refractivity contribution is 6.32. The molecule has 0 aliphatic heterocycles. The van der Waals surface area contributed by atoms with Gasteiger partial charge in [-0.3, -0.25) is 4.99 Å². The lowest BCUT2D eigenvalue weighted by molar-refractivity contribution is 0.346. The Balaban J connectivity index is 2.00. The van der Waals surface area contributed by atoms with E-state index in [-0.39, 0.29) is 12.6 Å². The number of hydrazone groups is 1. The second-order valence-corrected chi connectivity index (χ2v) is 4.94. The summed E-state index contributed by atoms with van der Waals surface area (Å²) in [4.78, 5) is 12.3. The van der Waals surface area contributed by atoms with Gasteiger partial charge in [-0.25, -0.2) is 9.97 Å². The smallest absolute Gasteiger partial charge is 0.316 e. The molecule has 0 radical (unpaired) electrons. The van der Waals surface area contributed by atoms with Crippen molar-refractivity contribution in [1.29, 1.82) is 0 Å². The van der Waals surface area contributed by atoms with Gasteiger partial charge < -0.3 is 15.3 Å². The molecular weight excluding hydrogens is 318 g/mol. The molecule has 0 saturated heterocycles. The fourth-order valence-corrected chi connectivity index (χ4v) is 1.77. The molecule has 7 nitrogen and oxygen atoms in total. The summed E-state index contributed by atoms with van der Waals surface area (Å²) in [5.74, 6) is 5.87. The van der Waals surface area contributed by atoms with E-state index in [1.54, 1.807) is 30.6 Å². The largest absolute Gasteiger partial charge is 0.495 e. The minimum Gasteiger partial charge on any atom is -0.495 e. The number of aliphatic imine (C=N–C) groups is 1. The van der Waals surface area contributed by atoms with Gasteiger partial charge in [0, 0.05) is 18.5 Å². The van der Waals surface area contributed by atoms with Gasteiger partial charge in [0.25, 0.3) is 0 Å². The van der Waals surface area contributed by atoms with Gasteiger partial charge in [0.15, 0.2) is 0 Å². The molecule has 0 aliphatic rings. The third-order valence-electron chi connectivity index (χ3n) is 2.77. The monoisotopic (exact) mass is 333 g/mol. The van der Waals surface area contributed by atoms with Crippen LogP contribution in [-0.2, 0) is 0 Å². The standard InChI is InChI=1S/C15H16ClN5O2/c1-10-6-19-15(20-7-10)23-9-12(21-17)8-18-11-3-4-13(16)14(5-11)22-2/h3-8H,9,17H2,1-2H3. The van der Waals surface area contributed by atoms with Crippen LogP contribution in [0.25, 0.3) is 0 Å². The quantitative estimate of drug-likeness (QED) is 0.498. The number of halogens is 1. The van der Waals surface area contributed by atoms with E-state index in [9.17, 15) is 0 Å². The summed E-state index contributed by atoms with van der Waals surface area (Å²) < 4.78 is 10.5. The third kappa shape index (κ3) is 4.93. The molecule has 0 atom stereocenters. The van der Waals surface area contributed by atoms with E-state index >= 15 is 0 Å². The van der Waals surface area contributed by atoms with Crippen molar-refractivity contribution in [3.63, 3.8) is 0 Å². The van der Waals surface area contributed by atoms with Gasteiger partial charge in [-0.05, 0) is 24.6 Å². The van der Waals surface area contributed by atoms with Crippen LogP contribution in [0, 0.1) is 6.92 Å². The normalized spacial score (nSPS) is 11.7. The SMILES string of the molecule is COc1cc(N=CC(COc2ncc(C)cn2)=NN)ccc1Cl. The van der Waals surface area contributed by atoms with Crippen LogP contribution in [0.5, 0.6) is 11.8 Å². The highest BCUT2D eigenvalue weighted by Crippen LogP contribution is 2.28. The first kappa shape index (κ1) is 16.7. The number of methoxy groups -OCH3 is 1. The molecule has 23 heavy (non-hydrogen) atoms. The molecular formula is C15H16ClN5O2. The number of rotatable bonds is 6. The highest BCUT2D eigenvalue weighted by Gasteiger charge is 2.03. The number of aryl methyl sites for hydroxylation is 1. The molecule has 0 amide bonds. The number of hydrogen-bond donors (Lipinski definition) is 1. The van der Waals surface area contributed by atoms with E-state index < -0.39 is 0 Å². The summed E-state index contributed by atoms with van der Waals surface area (Å²) in [7, 11) is 1.54. The second kappa shape index (κ2) is 8.09. The molecule has 1 aromatic carbocycles. The van der Waals surface area contributed by atoms with Crippen molar-refractivity contribution in [1.82, 2.24) is 9.97 Å². The molecule has 0 saturated carbocycles. The first-order valence-corrected chi connectivity index (χ1v) is 7.06. The van der Waals surface area contributed by atoms with Crippen molar-refractivity contribution in [3.8, 4) is 11.8 Å². The molecule has 2 aromatic rings. The van der Waals surface area contributed by atoms with Crippen LogP contribution in [0.2, 0.25) is 5.02 Å². The van der Waals surface area contributed by atoms with E-state index in [0.29, 0.717) is 22.2 Å². The molecule has 1 heterocycles. The van der Waals surface area contributed by atoms with Crippen LogP contribution in [0.15, 0.2) is 40.7 Å². The van der Waals surface area contributed by atoms with Crippen molar-refractivity contribution < 1.29 is 9.47 Å². The van der Waals surface area contributed by atoms with Gasteiger partial charge >= 0.3 is 6.01 Å². The van der Waals surface area contributed by atoms with E-state index in [4.69, 9.17) is 26.9 Å². The van der Waals surface area contributed by atoms with Crippen LogP contribution < -0.4 is 15.3 Å². The Labute approximate surface area is 138 Å². The van der Waals surface area contributed by atoms with Crippen LogP contribution in [0.4, 0.5) is 5.69 Å². The molecule has 0 aliphatic carbocycles. The van der Waals surface area contributed by atoms with Crippen molar-refractivity contribution >= 4 is 29.2 Å². The number of hydrogen-bond acceptors (Lipinski definition) is 7. The number of aromatic nitrogens is 2. The van der Waals surface area contributed by atoms with Crippen LogP contribution in [0.3, 0.4) is 0 Å². The zero-order valence-electron chi connectivity index (χ0n) is 12.7. The topological polar surface area (TPSA) is 95.0 Å². The third-order valence-corrected chi connectivity index (χ3v) is 3.08. The Bertz CT molecular complexity index is 716. The maximum absolute atomic E-state index is 5.96. The summed E-state index contributed by atoms with van der Waals surface area (Å²) >= 11 is 5.96. The fourth-order valence-electron chi connectivity index (χ4n) is 1.58. The van der Waals surface area contributed by atoms with E-state index in [2.05, 4.69) is 20.1 Å². The average molecular weight is 334 g/mol.